The minimum atomic E-state index is -0.452. The number of benzene rings is 1. The van der Waals surface area contributed by atoms with E-state index in [1.54, 1.807) is 19.1 Å². The Kier molecular flexibility index (Phi) is 3.01. The monoisotopic (exact) mass is 248 g/mol. The van der Waals surface area contributed by atoms with Gasteiger partial charge in [0, 0.05) is 0 Å². The Labute approximate surface area is 103 Å². The lowest BCUT2D eigenvalue weighted by atomic mass is 10.1. The quantitative estimate of drug-likeness (QED) is 0.834. The number of aromatic nitrogens is 2. The molecular formula is C12H13FN4O. The normalized spacial score (nSPS) is 12.3. The molecule has 1 aromatic heterocycles. The van der Waals surface area contributed by atoms with E-state index >= 15 is 0 Å². The Hall–Kier alpha value is -2.37. The molecule has 0 bridgehead atoms. The lowest BCUT2D eigenvalue weighted by Gasteiger charge is -2.15. The van der Waals surface area contributed by atoms with E-state index in [0.29, 0.717) is 0 Å². The molecule has 1 unspecified atom stereocenters. The van der Waals surface area contributed by atoms with Gasteiger partial charge < -0.3 is 11.5 Å². The van der Waals surface area contributed by atoms with Crippen molar-refractivity contribution in [2.24, 2.45) is 0 Å². The third-order valence-electron chi connectivity index (χ3n) is 2.79. The van der Waals surface area contributed by atoms with Crippen molar-refractivity contribution in [3.8, 4) is 0 Å². The summed E-state index contributed by atoms with van der Waals surface area (Å²) in [5, 5.41) is 3.94. The summed E-state index contributed by atoms with van der Waals surface area (Å²) >= 11 is 0. The zero-order chi connectivity index (χ0) is 13.3. The van der Waals surface area contributed by atoms with Crippen molar-refractivity contribution in [2.45, 2.75) is 13.0 Å². The Morgan fingerprint density at radius 2 is 1.89 bits per heavy atom. The van der Waals surface area contributed by atoms with E-state index in [1.807, 2.05) is 0 Å². The van der Waals surface area contributed by atoms with Crippen molar-refractivity contribution in [1.29, 1.82) is 0 Å². The summed E-state index contributed by atoms with van der Waals surface area (Å²) < 4.78 is 14.0. The van der Waals surface area contributed by atoms with Gasteiger partial charge in [0.05, 0.1) is 17.9 Å². The van der Waals surface area contributed by atoms with Gasteiger partial charge in [0.25, 0.3) is 5.56 Å². The van der Waals surface area contributed by atoms with Crippen LogP contribution in [0.3, 0.4) is 0 Å². The maximum Gasteiger partial charge on any atom is 0.292 e. The second-order valence-electron chi connectivity index (χ2n) is 3.99. The third kappa shape index (κ3) is 2.04. The van der Waals surface area contributed by atoms with Gasteiger partial charge in [0.2, 0.25) is 0 Å². The fourth-order valence-corrected chi connectivity index (χ4v) is 1.65. The van der Waals surface area contributed by atoms with Crippen LogP contribution in [-0.2, 0) is 0 Å². The molecular weight excluding hydrogens is 235 g/mol. The first-order valence-electron chi connectivity index (χ1n) is 5.39. The van der Waals surface area contributed by atoms with Gasteiger partial charge in [0.1, 0.15) is 11.5 Å². The molecule has 1 atom stereocenters. The fraction of sp³-hybridized carbons (Fsp3) is 0.167. The molecule has 6 heteroatoms. The van der Waals surface area contributed by atoms with E-state index < -0.39 is 5.56 Å². The van der Waals surface area contributed by atoms with E-state index in [9.17, 15) is 9.18 Å². The third-order valence-corrected chi connectivity index (χ3v) is 2.79. The average Bonchev–Trinajstić information content (AvgIpc) is 2.36. The number of anilines is 2. The van der Waals surface area contributed by atoms with E-state index in [2.05, 4.69) is 5.10 Å². The Morgan fingerprint density at radius 3 is 2.50 bits per heavy atom. The lowest BCUT2D eigenvalue weighted by Crippen LogP contribution is -2.29. The predicted octanol–water partition coefficient (Wildman–Crippen LogP) is 1.16. The number of hydrogen-bond donors (Lipinski definition) is 2. The van der Waals surface area contributed by atoms with Crippen LogP contribution in [0.15, 0.2) is 35.3 Å². The zero-order valence-electron chi connectivity index (χ0n) is 9.80. The molecule has 18 heavy (non-hydrogen) atoms. The second-order valence-corrected chi connectivity index (χ2v) is 3.99. The molecule has 5 nitrogen and oxygen atoms in total. The number of halogens is 1. The predicted molar refractivity (Wildman–Crippen MR) is 67.5 cm³/mol. The minimum absolute atomic E-state index is 0.0287. The highest BCUT2D eigenvalue weighted by Crippen LogP contribution is 2.17. The second kappa shape index (κ2) is 4.48. The molecule has 0 amide bonds. The molecule has 1 heterocycles. The van der Waals surface area contributed by atoms with Crippen molar-refractivity contribution >= 4 is 11.4 Å². The molecule has 4 N–H and O–H groups in total. The van der Waals surface area contributed by atoms with E-state index in [4.69, 9.17) is 11.5 Å². The minimum Gasteiger partial charge on any atom is -0.396 e. The van der Waals surface area contributed by atoms with Crippen molar-refractivity contribution in [3.05, 3.63) is 52.2 Å². The molecule has 94 valence electrons. The molecule has 0 fully saturated rings. The first-order valence-corrected chi connectivity index (χ1v) is 5.39. The van der Waals surface area contributed by atoms with Crippen LogP contribution in [0.5, 0.6) is 0 Å². The van der Waals surface area contributed by atoms with Crippen molar-refractivity contribution < 1.29 is 4.39 Å². The molecule has 0 spiro atoms. The largest absolute Gasteiger partial charge is 0.396 e. The summed E-state index contributed by atoms with van der Waals surface area (Å²) in [7, 11) is 0. The van der Waals surface area contributed by atoms with Gasteiger partial charge in [-0.3, -0.25) is 4.79 Å². The topological polar surface area (TPSA) is 86.9 Å². The van der Waals surface area contributed by atoms with Gasteiger partial charge in [0.15, 0.2) is 0 Å². The number of nitrogen functional groups attached to an aromatic ring is 2. The van der Waals surface area contributed by atoms with Crippen LogP contribution in [0.1, 0.15) is 18.5 Å². The SMILES string of the molecule is CC(c1ccc(F)cc1)n1ncc(N)c(N)c1=O. The number of rotatable bonds is 2. The number of hydrogen-bond acceptors (Lipinski definition) is 4. The molecule has 0 radical (unpaired) electrons. The van der Waals surface area contributed by atoms with Crippen molar-refractivity contribution in [2.75, 3.05) is 11.5 Å². The van der Waals surface area contributed by atoms with E-state index in [1.165, 1.54) is 23.0 Å². The van der Waals surface area contributed by atoms with E-state index in [-0.39, 0.29) is 23.2 Å². The van der Waals surface area contributed by atoms with Crippen molar-refractivity contribution in [3.63, 3.8) is 0 Å². The molecule has 0 saturated carbocycles. The summed E-state index contributed by atoms with van der Waals surface area (Å²) in [6.07, 6.45) is 1.33. The molecule has 0 saturated heterocycles. The first kappa shape index (κ1) is 12.1. The van der Waals surface area contributed by atoms with Gasteiger partial charge in [-0.15, -0.1) is 0 Å². The highest BCUT2D eigenvalue weighted by molar-refractivity contribution is 5.59. The van der Waals surface area contributed by atoms with Gasteiger partial charge >= 0.3 is 0 Å². The number of nitrogens with zero attached hydrogens (tertiary/aromatic N) is 2. The maximum absolute atomic E-state index is 12.8. The van der Waals surface area contributed by atoms with Crippen LogP contribution >= 0.6 is 0 Å². The van der Waals surface area contributed by atoms with Gasteiger partial charge in [-0.2, -0.15) is 5.10 Å². The lowest BCUT2D eigenvalue weighted by molar-refractivity contribution is 0.532. The van der Waals surface area contributed by atoms with Crippen LogP contribution in [0.2, 0.25) is 0 Å². The van der Waals surface area contributed by atoms with Crippen molar-refractivity contribution in [1.82, 2.24) is 9.78 Å². The maximum atomic E-state index is 12.8. The van der Waals surface area contributed by atoms with Crippen LogP contribution in [0.4, 0.5) is 15.8 Å². The molecule has 1 aromatic carbocycles. The van der Waals surface area contributed by atoms with Crippen LogP contribution < -0.4 is 17.0 Å². The van der Waals surface area contributed by atoms with Gasteiger partial charge in [-0.05, 0) is 24.6 Å². The van der Waals surface area contributed by atoms with Crippen LogP contribution in [-0.4, -0.2) is 9.78 Å². The fourth-order valence-electron chi connectivity index (χ4n) is 1.65. The highest BCUT2D eigenvalue weighted by atomic mass is 19.1. The first-order chi connectivity index (χ1) is 8.50. The molecule has 0 aliphatic carbocycles. The molecule has 2 aromatic rings. The van der Waals surface area contributed by atoms with Crippen LogP contribution in [0, 0.1) is 5.82 Å². The Morgan fingerprint density at radius 1 is 1.28 bits per heavy atom. The average molecular weight is 248 g/mol. The van der Waals surface area contributed by atoms with Gasteiger partial charge in [-0.25, -0.2) is 9.07 Å². The Balaban J connectivity index is 2.46. The summed E-state index contributed by atoms with van der Waals surface area (Å²) in [6.45, 7) is 1.78. The van der Waals surface area contributed by atoms with E-state index in [0.717, 1.165) is 5.56 Å². The van der Waals surface area contributed by atoms with Crippen LogP contribution in [0.25, 0.3) is 0 Å². The highest BCUT2D eigenvalue weighted by Gasteiger charge is 2.13. The summed E-state index contributed by atoms with van der Waals surface area (Å²) in [6, 6.07) is 5.51. The summed E-state index contributed by atoms with van der Waals surface area (Å²) in [5.41, 5.74) is 11.5. The molecule has 0 aliphatic rings. The number of nitrogens with two attached hydrogens (primary N) is 2. The summed E-state index contributed by atoms with van der Waals surface area (Å²) in [4.78, 5) is 11.9. The smallest absolute Gasteiger partial charge is 0.292 e. The molecule has 0 aliphatic heterocycles. The Bertz CT molecular complexity index is 621. The standard InChI is InChI=1S/C12H13FN4O/c1-7(8-2-4-9(13)5-3-8)17-12(18)11(15)10(14)6-16-17/h2-7H,14-15H2,1H3. The molecule has 2 rings (SSSR count). The zero-order valence-corrected chi connectivity index (χ0v) is 9.80. The summed E-state index contributed by atoms with van der Waals surface area (Å²) in [5.74, 6) is -0.330. The van der Waals surface area contributed by atoms with Gasteiger partial charge in [-0.1, -0.05) is 12.1 Å².